The Kier molecular flexibility index (Phi) is 2.39. The monoisotopic (exact) mass is 87.0 g/mol. The molecule has 0 rings (SSSR count). The highest BCUT2D eigenvalue weighted by molar-refractivity contribution is 4.71. The van der Waals surface area contributed by atoms with Gasteiger partial charge < -0.3 is 0 Å². The molecule has 0 aromatic heterocycles. The fourth-order valence-electron chi connectivity index (χ4n) is 0.126. The quantitative estimate of drug-likeness (QED) is 0.472. The minimum Gasteiger partial charge on any atom is -0.247 e. The van der Waals surface area contributed by atoms with Crippen molar-refractivity contribution >= 4 is 0 Å². The molecule has 34 valence electrons. The van der Waals surface area contributed by atoms with Gasteiger partial charge in [-0.3, -0.25) is 0 Å². The Morgan fingerprint density at radius 1 is 2.00 bits per heavy atom. The van der Waals surface area contributed by atoms with Crippen molar-refractivity contribution in [2.45, 2.75) is 19.5 Å². The molecule has 0 N–H and O–H groups in total. The average Bonchev–Trinajstić information content (AvgIpc) is 1.35. The summed E-state index contributed by atoms with van der Waals surface area (Å²) in [5.74, 6) is 0. The van der Waals surface area contributed by atoms with Crippen LogP contribution >= 0.6 is 0 Å². The van der Waals surface area contributed by atoms with Crippen LogP contribution in [0.1, 0.15) is 13.3 Å². The van der Waals surface area contributed by atoms with Crippen LogP contribution < -0.4 is 0 Å². The molecule has 0 fully saturated rings. The fraction of sp³-hybridized carbons (Fsp3) is 0.750. The van der Waals surface area contributed by atoms with Crippen molar-refractivity contribution in [1.82, 2.24) is 0 Å². The molecule has 0 aliphatic heterocycles. The van der Waals surface area contributed by atoms with E-state index >= 15 is 0 Å². The van der Waals surface area contributed by atoms with E-state index in [4.69, 9.17) is 5.26 Å². The molecule has 0 radical (unpaired) electrons. The summed E-state index contributed by atoms with van der Waals surface area (Å²) in [6, 6.07) is 1.69. The third kappa shape index (κ3) is 3.42. The zero-order valence-corrected chi connectivity index (χ0v) is 3.61. The maximum atomic E-state index is 11.5. The SMILES string of the molecule is CC(F)CC#N. The molecule has 1 unspecified atom stereocenters. The van der Waals surface area contributed by atoms with Gasteiger partial charge in [-0.05, 0) is 6.92 Å². The van der Waals surface area contributed by atoms with Crippen LogP contribution in [-0.2, 0) is 0 Å². The molecular weight excluding hydrogens is 81.0 g/mol. The minimum absolute atomic E-state index is 0.0139. The van der Waals surface area contributed by atoms with E-state index in [-0.39, 0.29) is 6.42 Å². The van der Waals surface area contributed by atoms with Crippen LogP contribution in [0.5, 0.6) is 0 Å². The van der Waals surface area contributed by atoms with E-state index in [2.05, 4.69) is 0 Å². The summed E-state index contributed by atoms with van der Waals surface area (Å²) in [5, 5.41) is 7.75. The van der Waals surface area contributed by atoms with E-state index in [0.29, 0.717) is 0 Å². The second kappa shape index (κ2) is 2.65. The van der Waals surface area contributed by atoms with Gasteiger partial charge in [-0.15, -0.1) is 0 Å². The van der Waals surface area contributed by atoms with Crippen LogP contribution in [-0.4, -0.2) is 6.17 Å². The van der Waals surface area contributed by atoms with Crippen molar-refractivity contribution in [2.24, 2.45) is 0 Å². The summed E-state index contributed by atoms with van der Waals surface area (Å²) in [6.07, 6.45) is -0.949. The summed E-state index contributed by atoms with van der Waals surface area (Å²) in [7, 11) is 0. The maximum absolute atomic E-state index is 11.5. The highest BCUT2D eigenvalue weighted by Crippen LogP contribution is 1.90. The molecule has 6 heavy (non-hydrogen) atoms. The molecule has 0 spiro atoms. The lowest BCUT2D eigenvalue weighted by atomic mass is 10.3. The largest absolute Gasteiger partial charge is 0.247 e. The van der Waals surface area contributed by atoms with Gasteiger partial charge >= 0.3 is 0 Å². The Morgan fingerprint density at radius 2 is 2.50 bits per heavy atom. The molecule has 1 nitrogen and oxygen atoms in total. The Balaban J connectivity index is 2.88. The van der Waals surface area contributed by atoms with Gasteiger partial charge in [-0.25, -0.2) is 4.39 Å². The number of rotatable bonds is 1. The lowest BCUT2D eigenvalue weighted by molar-refractivity contribution is 0.368. The summed E-state index contributed by atoms with van der Waals surface area (Å²) in [4.78, 5) is 0. The molecule has 0 aliphatic rings. The van der Waals surface area contributed by atoms with Crippen LogP contribution in [0.2, 0.25) is 0 Å². The smallest absolute Gasteiger partial charge is 0.110 e. The lowest BCUT2D eigenvalue weighted by Gasteiger charge is -1.83. The molecule has 0 aliphatic carbocycles. The average molecular weight is 87.1 g/mol. The van der Waals surface area contributed by atoms with Crippen molar-refractivity contribution in [3.8, 4) is 6.07 Å². The molecule has 0 saturated heterocycles. The highest BCUT2D eigenvalue weighted by atomic mass is 19.1. The molecular formula is C4H6FN. The van der Waals surface area contributed by atoms with E-state index in [1.807, 2.05) is 0 Å². The standard InChI is InChI=1S/C4H6FN/c1-4(5)2-3-6/h4H,2H2,1H3. The van der Waals surface area contributed by atoms with Gasteiger partial charge in [0, 0.05) is 0 Å². The fourth-order valence-corrected chi connectivity index (χ4v) is 0.126. The van der Waals surface area contributed by atoms with E-state index in [1.54, 1.807) is 6.07 Å². The summed E-state index contributed by atoms with van der Waals surface area (Å²) < 4.78 is 11.5. The van der Waals surface area contributed by atoms with Crippen LogP contribution in [0.25, 0.3) is 0 Å². The Morgan fingerprint density at radius 3 is 2.50 bits per heavy atom. The van der Waals surface area contributed by atoms with Gasteiger partial charge in [0.2, 0.25) is 0 Å². The van der Waals surface area contributed by atoms with Crippen molar-refractivity contribution in [3.63, 3.8) is 0 Å². The van der Waals surface area contributed by atoms with Crippen LogP contribution in [0, 0.1) is 11.3 Å². The predicted octanol–water partition coefficient (Wildman–Crippen LogP) is 1.26. The molecule has 1 atom stereocenters. The maximum Gasteiger partial charge on any atom is 0.110 e. The molecule has 0 saturated carbocycles. The van der Waals surface area contributed by atoms with Crippen molar-refractivity contribution in [2.75, 3.05) is 0 Å². The van der Waals surface area contributed by atoms with Crippen LogP contribution in [0.15, 0.2) is 0 Å². The van der Waals surface area contributed by atoms with Gasteiger partial charge in [-0.2, -0.15) is 5.26 Å². The first kappa shape index (κ1) is 5.42. The van der Waals surface area contributed by atoms with Gasteiger partial charge in [0.25, 0.3) is 0 Å². The first-order valence-corrected chi connectivity index (χ1v) is 1.78. The van der Waals surface area contributed by atoms with E-state index in [9.17, 15) is 4.39 Å². The molecule has 0 heterocycles. The summed E-state index contributed by atoms with van der Waals surface area (Å²) in [6.45, 7) is 1.36. The first-order valence-electron chi connectivity index (χ1n) is 1.78. The van der Waals surface area contributed by atoms with Crippen molar-refractivity contribution in [3.05, 3.63) is 0 Å². The van der Waals surface area contributed by atoms with Crippen molar-refractivity contribution < 1.29 is 4.39 Å². The Labute approximate surface area is 36.4 Å². The zero-order valence-electron chi connectivity index (χ0n) is 3.61. The predicted molar refractivity (Wildman–Crippen MR) is 20.8 cm³/mol. The zero-order chi connectivity index (χ0) is 4.99. The molecule has 0 bridgehead atoms. The third-order valence-electron chi connectivity index (χ3n) is 0.373. The second-order valence-corrected chi connectivity index (χ2v) is 1.14. The van der Waals surface area contributed by atoms with Gasteiger partial charge in [-0.1, -0.05) is 0 Å². The Bertz CT molecular complexity index is 62.4. The Hall–Kier alpha value is -0.580. The number of alkyl halides is 1. The summed E-state index contributed by atoms with van der Waals surface area (Å²) in [5.41, 5.74) is 0. The molecule has 0 aromatic rings. The number of hydrogen-bond acceptors (Lipinski definition) is 1. The number of hydrogen-bond donors (Lipinski definition) is 0. The third-order valence-corrected chi connectivity index (χ3v) is 0.373. The van der Waals surface area contributed by atoms with E-state index < -0.39 is 6.17 Å². The van der Waals surface area contributed by atoms with E-state index in [1.165, 1.54) is 6.92 Å². The van der Waals surface area contributed by atoms with Gasteiger partial charge in [0.1, 0.15) is 6.17 Å². The normalized spacial score (nSPS) is 12.8. The van der Waals surface area contributed by atoms with Crippen LogP contribution in [0.4, 0.5) is 4.39 Å². The van der Waals surface area contributed by atoms with Crippen molar-refractivity contribution in [1.29, 1.82) is 5.26 Å². The van der Waals surface area contributed by atoms with E-state index in [0.717, 1.165) is 0 Å². The highest BCUT2D eigenvalue weighted by Gasteiger charge is 1.90. The van der Waals surface area contributed by atoms with Gasteiger partial charge in [0.05, 0.1) is 12.5 Å². The number of halogens is 1. The second-order valence-electron chi connectivity index (χ2n) is 1.14. The minimum atomic E-state index is -0.963. The van der Waals surface area contributed by atoms with Gasteiger partial charge in [0.15, 0.2) is 0 Å². The van der Waals surface area contributed by atoms with Crippen LogP contribution in [0.3, 0.4) is 0 Å². The number of nitriles is 1. The number of nitrogens with zero attached hydrogens (tertiary/aromatic N) is 1. The molecule has 0 amide bonds. The molecule has 2 heteroatoms. The summed E-state index contributed by atoms with van der Waals surface area (Å²) >= 11 is 0. The first-order chi connectivity index (χ1) is 2.77. The molecule has 0 aromatic carbocycles. The lowest BCUT2D eigenvalue weighted by Crippen LogP contribution is -1.86. The topological polar surface area (TPSA) is 23.8 Å².